The minimum Gasteiger partial charge on any atom is -0.355 e. The molecule has 1 rings (SSSR count). The molecule has 0 bridgehead atoms. The van der Waals surface area contributed by atoms with Crippen LogP contribution in [0, 0.1) is 0 Å². The molecule has 3 N–H and O–H groups in total. The summed E-state index contributed by atoms with van der Waals surface area (Å²) in [6.07, 6.45) is 0. The number of hydrogen-bond donors (Lipinski definition) is 3. The van der Waals surface area contributed by atoms with E-state index in [0.717, 1.165) is 26.2 Å². The van der Waals surface area contributed by atoms with E-state index in [2.05, 4.69) is 20.9 Å². The minimum atomic E-state index is -0.502. The Balaban J connectivity index is 2.36. The molecule has 1 fully saturated rings. The molecule has 0 aromatic rings. The summed E-state index contributed by atoms with van der Waals surface area (Å²) in [4.78, 5) is 25.0. The molecule has 1 aliphatic heterocycles. The molecule has 18 heavy (non-hydrogen) atoms. The smallest absolute Gasteiger partial charge is 0.240 e. The Morgan fingerprint density at radius 2 is 1.72 bits per heavy atom. The van der Waals surface area contributed by atoms with Crippen molar-refractivity contribution in [3.8, 4) is 0 Å². The summed E-state index contributed by atoms with van der Waals surface area (Å²) in [5, 5.41) is 8.78. The van der Waals surface area contributed by atoms with E-state index < -0.39 is 5.54 Å². The number of carbonyl (C=O) groups excluding carboxylic acids is 2. The second kappa shape index (κ2) is 6.70. The van der Waals surface area contributed by atoms with E-state index >= 15 is 0 Å². The third-order valence-electron chi connectivity index (χ3n) is 3.25. The van der Waals surface area contributed by atoms with Gasteiger partial charge in [0, 0.05) is 46.2 Å². The third kappa shape index (κ3) is 4.27. The highest BCUT2D eigenvalue weighted by atomic mass is 16.2. The highest BCUT2D eigenvalue weighted by Crippen LogP contribution is 2.14. The van der Waals surface area contributed by atoms with Gasteiger partial charge in [0.25, 0.3) is 0 Å². The van der Waals surface area contributed by atoms with E-state index in [9.17, 15) is 9.59 Å². The van der Waals surface area contributed by atoms with Gasteiger partial charge in [0.15, 0.2) is 0 Å². The van der Waals surface area contributed by atoms with E-state index in [0.29, 0.717) is 13.1 Å². The second-order valence-corrected chi connectivity index (χ2v) is 5.03. The van der Waals surface area contributed by atoms with Gasteiger partial charge in [0.2, 0.25) is 11.8 Å². The Bertz CT molecular complexity index is 298. The van der Waals surface area contributed by atoms with Crippen molar-refractivity contribution in [3.05, 3.63) is 0 Å². The van der Waals surface area contributed by atoms with E-state index in [4.69, 9.17) is 0 Å². The largest absolute Gasteiger partial charge is 0.355 e. The zero-order valence-electron chi connectivity index (χ0n) is 11.5. The maximum atomic E-state index is 12.1. The predicted molar refractivity (Wildman–Crippen MR) is 70.2 cm³/mol. The van der Waals surface area contributed by atoms with E-state index in [1.54, 1.807) is 0 Å². The lowest BCUT2D eigenvalue weighted by Crippen LogP contribution is -2.60. The molecule has 0 unspecified atom stereocenters. The Kier molecular flexibility index (Phi) is 5.55. The highest BCUT2D eigenvalue weighted by molar-refractivity contribution is 5.85. The van der Waals surface area contributed by atoms with Crippen molar-refractivity contribution in [3.63, 3.8) is 0 Å². The summed E-state index contributed by atoms with van der Waals surface area (Å²) in [6.45, 7) is 9.88. The highest BCUT2D eigenvalue weighted by Gasteiger charge is 2.34. The van der Waals surface area contributed by atoms with Gasteiger partial charge in [-0.05, 0) is 13.8 Å². The van der Waals surface area contributed by atoms with Crippen molar-refractivity contribution in [1.82, 2.24) is 20.9 Å². The average molecular weight is 256 g/mol. The lowest BCUT2D eigenvalue weighted by atomic mass is 10.0. The van der Waals surface area contributed by atoms with Crippen LogP contribution in [0.1, 0.15) is 20.8 Å². The Morgan fingerprint density at radius 3 is 2.28 bits per heavy atom. The van der Waals surface area contributed by atoms with Crippen molar-refractivity contribution in [1.29, 1.82) is 0 Å². The number of piperazine rings is 1. The third-order valence-corrected chi connectivity index (χ3v) is 3.25. The van der Waals surface area contributed by atoms with Crippen molar-refractivity contribution >= 4 is 11.8 Å². The number of nitrogens with zero attached hydrogens (tertiary/aromatic N) is 1. The summed E-state index contributed by atoms with van der Waals surface area (Å²) >= 11 is 0. The summed E-state index contributed by atoms with van der Waals surface area (Å²) in [7, 11) is 0. The first kappa shape index (κ1) is 14.9. The second-order valence-electron chi connectivity index (χ2n) is 5.03. The van der Waals surface area contributed by atoms with Gasteiger partial charge in [-0.15, -0.1) is 0 Å². The van der Waals surface area contributed by atoms with Crippen molar-refractivity contribution in [2.75, 3.05) is 39.3 Å². The molecular weight excluding hydrogens is 232 g/mol. The molecule has 0 saturated carbocycles. The van der Waals surface area contributed by atoms with Crippen LogP contribution in [0.4, 0.5) is 0 Å². The molecular formula is C12H24N4O2. The van der Waals surface area contributed by atoms with Crippen LogP contribution in [0.3, 0.4) is 0 Å². The lowest BCUT2D eigenvalue weighted by Gasteiger charge is -2.39. The standard InChI is InChI=1S/C12H24N4O2/c1-10(17)14-4-5-15-11(18)12(2,3)16-8-6-13-7-9-16/h13H,4-9H2,1-3H3,(H,14,17)(H,15,18). The zero-order chi connectivity index (χ0) is 13.6. The van der Waals surface area contributed by atoms with Crippen LogP contribution < -0.4 is 16.0 Å². The first-order valence-corrected chi connectivity index (χ1v) is 6.43. The summed E-state index contributed by atoms with van der Waals surface area (Å²) in [5.74, 6) is -0.0691. The number of carbonyl (C=O) groups is 2. The number of amides is 2. The first-order chi connectivity index (χ1) is 8.44. The fourth-order valence-corrected chi connectivity index (χ4v) is 2.00. The van der Waals surface area contributed by atoms with Gasteiger partial charge in [-0.1, -0.05) is 0 Å². The van der Waals surface area contributed by atoms with Gasteiger partial charge < -0.3 is 16.0 Å². The zero-order valence-corrected chi connectivity index (χ0v) is 11.5. The average Bonchev–Trinajstić information content (AvgIpc) is 2.35. The molecule has 1 aliphatic rings. The van der Waals surface area contributed by atoms with Crippen LogP contribution in [0.2, 0.25) is 0 Å². The summed E-state index contributed by atoms with van der Waals surface area (Å²) < 4.78 is 0. The number of nitrogens with one attached hydrogen (secondary N) is 3. The fraction of sp³-hybridized carbons (Fsp3) is 0.833. The first-order valence-electron chi connectivity index (χ1n) is 6.43. The number of hydrogen-bond acceptors (Lipinski definition) is 4. The van der Waals surface area contributed by atoms with Crippen LogP contribution >= 0.6 is 0 Å². The molecule has 0 spiro atoms. The molecule has 104 valence electrons. The molecule has 6 heteroatoms. The molecule has 1 heterocycles. The molecule has 0 atom stereocenters. The van der Waals surface area contributed by atoms with Gasteiger partial charge in [0.05, 0.1) is 5.54 Å². The Hall–Kier alpha value is -1.14. The maximum Gasteiger partial charge on any atom is 0.240 e. The maximum absolute atomic E-state index is 12.1. The topological polar surface area (TPSA) is 73.5 Å². The van der Waals surface area contributed by atoms with Gasteiger partial charge in [-0.3, -0.25) is 14.5 Å². The van der Waals surface area contributed by atoms with E-state index in [1.165, 1.54) is 6.92 Å². The van der Waals surface area contributed by atoms with Crippen LogP contribution in [0.15, 0.2) is 0 Å². The molecule has 6 nitrogen and oxygen atoms in total. The summed E-state index contributed by atoms with van der Waals surface area (Å²) in [6, 6.07) is 0. The fourth-order valence-electron chi connectivity index (χ4n) is 2.00. The monoisotopic (exact) mass is 256 g/mol. The molecule has 1 saturated heterocycles. The van der Waals surface area contributed by atoms with Crippen molar-refractivity contribution in [2.24, 2.45) is 0 Å². The van der Waals surface area contributed by atoms with Crippen molar-refractivity contribution in [2.45, 2.75) is 26.3 Å². The van der Waals surface area contributed by atoms with E-state index in [1.807, 2.05) is 13.8 Å². The molecule has 0 aromatic carbocycles. The molecule has 0 aromatic heterocycles. The van der Waals surface area contributed by atoms with Gasteiger partial charge in [0.1, 0.15) is 0 Å². The summed E-state index contributed by atoms with van der Waals surface area (Å²) in [5.41, 5.74) is -0.502. The van der Waals surface area contributed by atoms with Crippen LogP contribution in [0.5, 0.6) is 0 Å². The normalized spacial score (nSPS) is 17.3. The van der Waals surface area contributed by atoms with Crippen molar-refractivity contribution < 1.29 is 9.59 Å². The molecule has 0 radical (unpaired) electrons. The molecule has 0 aliphatic carbocycles. The number of rotatable bonds is 5. The van der Waals surface area contributed by atoms with Gasteiger partial charge in [-0.2, -0.15) is 0 Å². The predicted octanol–water partition coefficient (Wildman–Crippen LogP) is -1.08. The minimum absolute atomic E-state index is 0.00903. The van der Waals surface area contributed by atoms with E-state index in [-0.39, 0.29) is 11.8 Å². The van der Waals surface area contributed by atoms with Crippen LogP contribution in [-0.4, -0.2) is 61.5 Å². The Morgan fingerprint density at radius 1 is 1.17 bits per heavy atom. The Labute approximate surface area is 108 Å². The lowest BCUT2D eigenvalue weighted by molar-refractivity contribution is -0.132. The molecule has 2 amide bonds. The quantitative estimate of drug-likeness (QED) is 0.547. The van der Waals surface area contributed by atoms with Crippen LogP contribution in [0.25, 0.3) is 0 Å². The van der Waals surface area contributed by atoms with Crippen LogP contribution in [-0.2, 0) is 9.59 Å². The SMILES string of the molecule is CC(=O)NCCNC(=O)C(C)(C)N1CCNCC1. The van der Waals surface area contributed by atoms with Gasteiger partial charge in [-0.25, -0.2) is 0 Å². The van der Waals surface area contributed by atoms with Gasteiger partial charge >= 0.3 is 0 Å².